The van der Waals surface area contributed by atoms with Gasteiger partial charge in [-0.05, 0) is 13.0 Å². The highest BCUT2D eigenvalue weighted by Crippen LogP contribution is 2.23. The fourth-order valence-electron chi connectivity index (χ4n) is 1.55. The summed E-state index contributed by atoms with van der Waals surface area (Å²) in [6, 6.07) is 0.804. The minimum atomic E-state index is -0.940. The summed E-state index contributed by atoms with van der Waals surface area (Å²) in [5, 5.41) is 9.47. The van der Waals surface area contributed by atoms with Crippen molar-refractivity contribution in [3.63, 3.8) is 0 Å². The van der Waals surface area contributed by atoms with Crippen molar-refractivity contribution in [1.29, 1.82) is 0 Å². The van der Waals surface area contributed by atoms with Gasteiger partial charge in [0.2, 0.25) is 10.9 Å². The van der Waals surface area contributed by atoms with Gasteiger partial charge in [0, 0.05) is 6.20 Å². The Morgan fingerprint density at radius 1 is 1.42 bits per heavy atom. The van der Waals surface area contributed by atoms with Crippen LogP contribution in [0.2, 0.25) is 10.3 Å². The second-order valence-corrected chi connectivity index (χ2v) is 5.64. The van der Waals surface area contributed by atoms with Gasteiger partial charge in [0.1, 0.15) is 16.2 Å². The first-order valence-electron chi connectivity index (χ1n) is 6.40. The fraction of sp³-hybridized carbons (Fsp3) is 0.154. The molecule has 0 saturated heterocycles. The van der Waals surface area contributed by atoms with Crippen molar-refractivity contribution in [1.82, 2.24) is 15.2 Å². The molecule has 2 heterocycles. The lowest BCUT2D eigenvalue weighted by molar-refractivity contribution is -0.138. The predicted octanol–water partition coefficient (Wildman–Crippen LogP) is 3.12. The molecule has 11 heteroatoms. The van der Waals surface area contributed by atoms with Gasteiger partial charge >= 0.3 is 5.97 Å². The molecule has 0 fully saturated rings. The van der Waals surface area contributed by atoms with Crippen LogP contribution in [0.4, 0.5) is 9.52 Å². The highest BCUT2D eigenvalue weighted by molar-refractivity contribution is 7.13. The van der Waals surface area contributed by atoms with E-state index in [2.05, 4.69) is 20.5 Å². The van der Waals surface area contributed by atoms with Gasteiger partial charge in [0.25, 0.3) is 0 Å². The quantitative estimate of drug-likeness (QED) is 0.202. The molecule has 24 heavy (non-hydrogen) atoms. The molecule has 0 aliphatic heterocycles. The Balaban J connectivity index is 2.39. The molecule has 0 aliphatic rings. The maximum Gasteiger partial charge on any atom is 0.343 e. The molecule has 0 aliphatic carbocycles. The predicted molar refractivity (Wildman–Crippen MR) is 86.8 cm³/mol. The number of hydrogen-bond donors (Lipinski definition) is 1. The third-order valence-electron chi connectivity index (χ3n) is 2.57. The van der Waals surface area contributed by atoms with Crippen LogP contribution in [0.15, 0.2) is 23.3 Å². The number of halogens is 3. The standard InChI is InChI=1S/C13H9Cl2FN4O3S/c1-2-23-12(22)7(4-17-13-20-18-5-24-13)9(21)6-3-8(16)11(15)19-10(6)14/h3-5H,2H2,1H3,(H,17,20)/b7-4-. The van der Waals surface area contributed by atoms with Crippen LogP contribution in [-0.2, 0) is 9.53 Å². The van der Waals surface area contributed by atoms with Crippen LogP contribution in [-0.4, -0.2) is 33.5 Å². The highest BCUT2D eigenvalue weighted by atomic mass is 35.5. The molecule has 2 aromatic heterocycles. The minimum absolute atomic E-state index is 0.0449. The van der Waals surface area contributed by atoms with Crippen molar-refractivity contribution in [2.75, 3.05) is 11.9 Å². The largest absolute Gasteiger partial charge is 0.462 e. The highest BCUT2D eigenvalue weighted by Gasteiger charge is 2.25. The molecular weight excluding hydrogens is 382 g/mol. The molecule has 0 unspecified atom stereocenters. The summed E-state index contributed by atoms with van der Waals surface area (Å²) >= 11 is 12.5. The van der Waals surface area contributed by atoms with E-state index < -0.39 is 28.3 Å². The zero-order valence-electron chi connectivity index (χ0n) is 12.0. The van der Waals surface area contributed by atoms with Crippen LogP contribution < -0.4 is 5.32 Å². The number of nitrogens with one attached hydrogen (secondary N) is 1. The maximum absolute atomic E-state index is 13.6. The molecular formula is C13H9Cl2FN4O3S. The molecule has 0 aromatic carbocycles. The molecule has 0 radical (unpaired) electrons. The normalized spacial score (nSPS) is 11.2. The number of anilines is 1. The second-order valence-electron chi connectivity index (χ2n) is 4.10. The van der Waals surface area contributed by atoms with Gasteiger partial charge in [-0.3, -0.25) is 4.79 Å². The Labute approximate surface area is 149 Å². The van der Waals surface area contributed by atoms with E-state index >= 15 is 0 Å². The van der Waals surface area contributed by atoms with Gasteiger partial charge in [-0.2, -0.15) is 0 Å². The second kappa shape index (κ2) is 8.13. The zero-order chi connectivity index (χ0) is 17.7. The number of carbonyl (C=O) groups is 2. The summed E-state index contributed by atoms with van der Waals surface area (Å²) in [5.74, 6) is -2.73. The fourth-order valence-corrected chi connectivity index (χ4v) is 2.37. The number of ketones is 1. The van der Waals surface area contributed by atoms with E-state index in [1.165, 1.54) is 5.51 Å². The summed E-state index contributed by atoms with van der Waals surface area (Å²) in [6.07, 6.45) is 1.09. The number of esters is 1. The Kier molecular flexibility index (Phi) is 6.18. The van der Waals surface area contributed by atoms with Gasteiger partial charge in [-0.15, -0.1) is 10.2 Å². The molecule has 0 atom stereocenters. The van der Waals surface area contributed by atoms with Crippen LogP contribution in [0, 0.1) is 5.82 Å². The van der Waals surface area contributed by atoms with Crippen LogP contribution >= 0.6 is 34.5 Å². The lowest BCUT2D eigenvalue weighted by Crippen LogP contribution is -2.18. The molecule has 0 amide bonds. The van der Waals surface area contributed by atoms with E-state index in [0.29, 0.717) is 5.13 Å². The molecule has 0 saturated carbocycles. The third-order valence-corrected chi connectivity index (χ3v) is 3.75. The first kappa shape index (κ1) is 18.2. The number of rotatable bonds is 6. The van der Waals surface area contributed by atoms with Gasteiger partial charge in [-0.1, -0.05) is 34.5 Å². The van der Waals surface area contributed by atoms with Gasteiger partial charge in [0.15, 0.2) is 11.0 Å². The van der Waals surface area contributed by atoms with Gasteiger partial charge in [0.05, 0.1) is 12.2 Å². The Morgan fingerprint density at radius 3 is 2.79 bits per heavy atom. The molecule has 0 bridgehead atoms. The number of pyridine rings is 1. The average molecular weight is 391 g/mol. The summed E-state index contributed by atoms with van der Waals surface area (Å²) in [7, 11) is 0. The van der Waals surface area contributed by atoms with Crippen LogP contribution in [0.1, 0.15) is 17.3 Å². The van der Waals surface area contributed by atoms with Crippen LogP contribution in [0.3, 0.4) is 0 Å². The topological polar surface area (TPSA) is 94.1 Å². The van der Waals surface area contributed by atoms with E-state index in [-0.39, 0.29) is 17.3 Å². The summed E-state index contributed by atoms with van der Waals surface area (Å²) in [4.78, 5) is 28.0. The number of carbonyl (C=O) groups excluding carboxylic acids is 2. The number of nitrogens with zero attached hydrogens (tertiary/aromatic N) is 3. The minimum Gasteiger partial charge on any atom is -0.462 e. The van der Waals surface area contributed by atoms with Crippen molar-refractivity contribution >= 4 is 51.4 Å². The van der Waals surface area contributed by atoms with Crippen molar-refractivity contribution in [2.24, 2.45) is 0 Å². The number of ether oxygens (including phenoxy) is 1. The lowest BCUT2D eigenvalue weighted by Gasteiger charge is -2.08. The van der Waals surface area contributed by atoms with Gasteiger partial charge in [-0.25, -0.2) is 14.2 Å². The van der Waals surface area contributed by atoms with Gasteiger partial charge < -0.3 is 10.1 Å². The molecule has 2 rings (SSSR count). The Bertz CT molecular complexity index is 799. The summed E-state index contributed by atoms with van der Waals surface area (Å²) < 4.78 is 18.4. The smallest absolute Gasteiger partial charge is 0.343 e. The van der Waals surface area contributed by atoms with Crippen LogP contribution in [0.5, 0.6) is 0 Å². The van der Waals surface area contributed by atoms with Crippen molar-refractivity contribution in [2.45, 2.75) is 6.92 Å². The molecule has 0 spiro atoms. The van der Waals surface area contributed by atoms with Crippen LogP contribution in [0.25, 0.3) is 0 Å². The van der Waals surface area contributed by atoms with E-state index in [1.54, 1.807) is 6.92 Å². The SMILES string of the molecule is CCOC(=O)/C(=C\Nc1nncs1)C(=O)c1cc(F)c(Cl)nc1Cl. The van der Waals surface area contributed by atoms with E-state index in [1.807, 2.05) is 0 Å². The third kappa shape index (κ3) is 4.25. The summed E-state index contributed by atoms with van der Waals surface area (Å²) in [6.45, 7) is 1.62. The average Bonchev–Trinajstić information content (AvgIpc) is 3.04. The van der Waals surface area contributed by atoms with E-state index in [4.69, 9.17) is 27.9 Å². The van der Waals surface area contributed by atoms with Crippen molar-refractivity contribution < 1.29 is 18.7 Å². The van der Waals surface area contributed by atoms with E-state index in [0.717, 1.165) is 23.6 Å². The van der Waals surface area contributed by atoms with Crippen molar-refractivity contribution in [3.8, 4) is 0 Å². The first-order valence-corrected chi connectivity index (χ1v) is 8.03. The summed E-state index contributed by atoms with van der Waals surface area (Å²) in [5.41, 5.74) is 0.728. The van der Waals surface area contributed by atoms with Crippen molar-refractivity contribution in [3.05, 3.63) is 45.0 Å². The number of Topliss-reactive ketones (excluding diaryl/α,β-unsaturated/α-hetero) is 1. The van der Waals surface area contributed by atoms with E-state index in [9.17, 15) is 14.0 Å². The number of aromatic nitrogens is 3. The molecule has 1 N–H and O–H groups in total. The first-order chi connectivity index (χ1) is 11.4. The molecule has 7 nitrogen and oxygen atoms in total. The number of hydrogen-bond acceptors (Lipinski definition) is 8. The maximum atomic E-state index is 13.6. The Morgan fingerprint density at radius 2 is 2.17 bits per heavy atom. The zero-order valence-corrected chi connectivity index (χ0v) is 14.4. The molecule has 126 valence electrons. The Hall–Kier alpha value is -2.10. The molecule has 2 aromatic rings. The monoisotopic (exact) mass is 390 g/mol. The lowest BCUT2D eigenvalue weighted by atomic mass is 10.1.